The highest BCUT2D eigenvalue weighted by molar-refractivity contribution is 5.73. The lowest BCUT2D eigenvalue weighted by atomic mass is 10.2. The molecule has 0 spiro atoms. The summed E-state index contributed by atoms with van der Waals surface area (Å²) in [6.07, 6.45) is 1.47. The topological polar surface area (TPSA) is 96.1 Å². The molecule has 0 unspecified atom stereocenters. The Kier molecular flexibility index (Phi) is 3.14. The summed E-state index contributed by atoms with van der Waals surface area (Å²) in [6, 6.07) is 5.81. The van der Waals surface area contributed by atoms with Crippen LogP contribution in [0.2, 0.25) is 0 Å². The number of anilines is 1. The van der Waals surface area contributed by atoms with Gasteiger partial charge in [-0.05, 0) is 24.6 Å². The molecule has 1 aliphatic heterocycles. The first-order chi connectivity index (χ1) is 11.2. The number of fused-ring (bicyclic) bond motifs is 2. The van der Waals surface area contributed by atoms with Crippen molar-refractivity contribution in [2.24, 2.45) is 0 Å². The number of ether oxygens (including phenoxy) is 2. The smallest absolute Gasteiger partial charge is 0.263 e. The molecule has 23 heavy (non-hydrogen) atoms. The van der Waals surface area contributed by atoms with Crippen molar-refractivity contribution in [3.8, 4) is 11.5 Å². The molecule has 0 fully saturated rings. The third-order valence-electron chi connectivity index (χ3n) is 3.80. The Balaban J connectivity index is 1.66. The van der Waals surface area contributed by atoms with E-state index in [0.717, 1.165) is 17.1 Å². The van der Waals surface area contributed by atoms with Gasteiger partial charge in [-0.25, -0.2) is 0 Å². The summed E-state index contributed by atoms with van der Waals surface area (Å²) in [5.74, 6) is 2.00. The van der Waals surface area contributed by atoms with Gasteiger partial charge in [-0.3, -0.25) is 14.9 Å². The van der Waals surface area contributed by atoms with Crippen LogP contribution >= 0.6 is 0 Å². The first-order valence-corrected chi connectivity index (χ1v) is 7.31. The van der Waals surface area contributed by atoms with E-state index in [9.17, 15) is 4.79 Å². The standard InChI is InChI=1S/C15H15N5O3/c1-2-20(7-9-3-4-11-12(5-9)23-8-22-11)15-17-13-10(6-16-19-13)14(21)18-15/h3-6H,2,7-8H2,1H3,(H2,16,17,18,19,21). The minimum absolute atomic E-state index is 0.206. The van der Waals surface area contributed by atoms with Gasteiger partial charge in [0.05, 0.1) is 6.20 Å². The molecule has 0 saturated carbocycles. The molecule has 0 amide bonds. The normalized spacial score (nSPS) is 12.7. The van der Waals surface area contributed by atoms with Gasteiger partial charge in [0, 0.05) is 13.1 Å². The minimum Gasteiger partial charge on any atom is -0.454 e. The Bertz CT molecular complexity index is 917. The van der Waals surface area contributed by atoms with Gasteiger partial charge >= 0.3 is 0 Å². The van der Waals surface area contributed by atoms with Gasteiger partial charge in [-0.15, -0.1) is 0 Å². The highest BCUT2D eigenvalue weighted by Crippen LogP contribution is 2.33. The molecule has 8 nitrogen and oxygen atoms in total. The molecule has 0 bridgehead atoms. The monoisotopic (exact) mass is 313 g/mol. The number of nitrogens with one attached hydrogen (secondary N) is 2. The second kappa shape index (κ2) is 5.31. The van der Waals surface area contributed by atoms with Crippen LogP contribution in [0.5, 0.6) is 11.5 Å². The van der Waals surface area contributed by atoms with E-state index < -0.39 is 0 Å². The molecule has 0 aliphatic carbocycles. The van der Waals surface area contributed by atoms with E-state index in [0.29, 0.717) is 30.1 Å². The van der Waals surface area contributed by atoms with Crippen LogP contribution in [-0.2, 0) is 6.54 Å². The summed E-state index contributed by atoms with van der Waals surface area (Å²) < 4.78 is 10.7. The van der Waals surface area contributed by atoms with Crippen LogP contribution in [-0.4, -0.2) is 33.5 Å². The molecule has 1 aromatic carbocycles. The molecule has 8 heteroatoms. The van der Waals surface area contributed by atoms with Crippen LogP contribution < -0.4 is 19.9 Å². The van der Waals surface area contributed by atoms with E-state index in [4.69, 9.17) is 9.47 Å². The zero-order chi connectivity index (χ0) is 15.8. The van der Waals surface area contributed by atoms with E-state index in [1.165, 1.54) is 6.20 Å². The highest BCUT2D eigenvalue weighted by atomic mass is 16.7. The summed E-state index contributed by atoms with van der Waals surface area (Å²) in [6.45, 7) is 3.54. The predicted molar refractivity (Wildman–Crippen MR) is 83.8 cm³/mol. The molecule has 2 aromatic heterocycles. The zero-order valence-corrected chi connectivity index (χ0v) is 12.5. The van der Waals surface area contributed by atoms with E-state index in [2.05, 4.69) is 20.2 Å². The van der Waals surface area contributed by atoms with Gasteiger partial charge in [0.25, 0.3) is 5.56 Å². The molecule has 3 aromatic rings. The third-order valence-corrected chi connectivity index (χ3v) is 3.80. The van der Waals surface area contributed by atoms with Crippen molar-refractivity contribution in [2.45, 2.75) is 13.5 Å². The molecule has 4 rings (SSSR count). The van der Waals surface area contributed by atoms with Crippen LogP contribution in [0.25, 0.3) is 11.0 Å². The van der Waals surface area contributed by atoms with Gasteiger partial charge < -0.3 is 14.4 Å². The SMILES string of the molecule is CCN(Cc1ccc2c(c1)OCO2)c1nc2[nH]ncc2c(=O)[nH]1. The number of hydrogen-bond donors (Lipinski definition) is 2. The maximum absolute atomic E-state index is 12.1. The molecule has 2 N–H and O–H groups in total. The van der Waals surface area contributed by atoms with Gasteiger partial charge in [0.15, 0.2) is 17.1 Å². The minimum atomic E-state index is -0.206. The lowest BCUT2D eigenvalue weighted by Gasteiger charge is -2.21. The molecule has 3 heterocycles. The largest absolute Gasteiger partial charge is 0.454 e. The number of benzene rings is 1. The summed E-state index contributed by atoms with van der Waals surface area (Å²) in [5, 5.41) is 7.04. The fraction of sp³-hybridized carbons (Fsp3) is 0.267. The maximum Gasteiger partial charge on any atom is 0.263 e. The lowest BCUT2D eigenvalue weighted by molar-refractivity contribution is 0.174. The van der Waals surface area contributed by atoms with Gasteiger partial charge in [-0.1, -0.05) is 6.07 Å². The van der Waals surface area contributed by atoms with E-state index in [-0.39, 0.29) is 12.4 Å². The number of rotatable bonds is 4. The quantitative estimate of drug-likeness (QED) is 0.756. The van der Waals surface area contributed by atoms with Crippen molar-refractivity contribution >= 4 is 17.0 Å². The number of aromatic nitrogens is 4. The van der Waals surface area contributed by atoms with E-state index >= 15 is 0 Å². The fourth-order valence-corrected chi connectivity index (χ4v) is 2.58. The van der Waals surface area contributed by atoms with Crippen LogP contribution in [0.4, 0.5) is 5.95 Å². The number of hydrogen-bond acceptors (Lipinski definition) is 6. The van der Waals surface area contributed by atoms with Crippen molar-refractivity contribution in [1.29, 1.82) is 0 Å². The second-order valence-corrected chi connectivity index (χ2v) is 5.22. The summed E-state index contributed by atoms with van der Waals surface area (Å²) in [7, 11) is 0. The van der Waals surface area contributed by atoms with Crippen molar-refractivity contribution < 1.29 is 9.47 Å². The number of nitrogens with zero attached hydrogens (tertiary/aromatic N) is 3. The summed E-state index contributed by atoms with van der Waals surface area (Å²) in [4.78, 5) is 21.3. The average molecular weight is 313 g/mol. The zero-order valence-electron chi connectivity index (χ0n) is 12.5. The Labute approximate surface area is 131 Å². The van der Waals surface area contributed by atoms with Crippen molar-refractivity contribution in [3.63, 3.8) is 0 Å². The van der Waals surface area contributed by atoms with Crippen molar-refractivity contribution in [3.05, 3.63) is 40.3 Å². The van der Waals surface area contributed by atoms with Crippen LogP contribution in [0.1, 0.15) is 12.5 Å². The van der Waals surface area contributed by atoms with Gasteiger partial charge in [0.1, 0.15) is 5.39 Å². The van der Waals surface area contributed by atoms with Crippen molar-refractivity contribution in [2.75, 3.05) is 18.2 Å². The Morgan fingerprint density at radius 2 is 2.17 bits per heavy atom. The predicted octanol–water partition coefficient (Wildman–Crippen LogP) is 1.40. The first-order valence-electron chi connectivity index (χ1n) is 7.31. The Morgan fingerprint density at radius 3 is 3.04 bits per heavy atom. The molecular weight excluding hydrogens is 298 g/mol. The van der Waals surface area contributed by atoms with Crippen molar-refractivity contribution in [1.82, 2.24) is 20.2 Å². The molecule has 1 aliphatic rings. The number of H-pyrrole nitrogens is 2. The third kappa shape index (κ3) is 2.37. The Morgan fingerprint density at radius 1 is 1.30 bits per heavy atom. The van der Waals surface area contributed by atoms with Crippen LogP contribution in [0.15, 0.2) is 29.2 Å². The van der Waals surface area contributed by atoms with E-state index in [1.54, 1.807) is 0 Å². The van der Waals surface area contributed by atoms with Crippen LogP contribution in [0.3, 0.4) is 0 Å². The molecular formula is C15H15N5O3. The Hall–Kier alpha value is -3.03. The fourth-order valence-electron chi connectivity index (χ4n) is 2.58. The highest BCUT2D eigenvalue weighted by Gasteiger charge is 2.16. The first kappa shape index (κ1) is 13.6. The van der Waals surface area contributed by atoms with E-state index in [1.807, 2.05) is 30.0 Å². The lowest BCUT2D eigenvalue weighted by Crippen LogP contribution is -2.26. The van der Waals surface area contributed by atoms with Gasteiger partial charge in [-0.2, -0.15) is 10.1 Å². The molecule has 0 saturated heterocycles. The molecule has 0 atom stereocenters. The average Bonchev–Trinajstić information content (AvgIpc) is 3.20. The molecule has 118 valence electrons. The second-order valence-electron chi connectivity index (χ2n) is 5.22. The molecule has 0 radical (unpaired) electrons. The summed E-state index contributed by atoms with van der Waals surface area (Å²) >= 11 is 0. The van der Waals surface area contributed by atoms with Gasteiger partial charge in [0.2, 0.25) is 12.7 Å². The number of aromatic amines is 2. The summed E-state index contributed by atoms with van der Waals surface area (Å²) in [5.41, 5.74) is 1.32. The maximum atomic E-state index is 12.1. The van der Waals surface area contributed by atoms with Crippen LogP contribution in [0, 0.1) is 0 Å².